The molecule has 2 aliphatic heterocycles. The van der Waals surface area contributed by atoms with Gasteiger partial charge in [-0.15, -0.1) is 0 Å². The van der Waals surface area contributed by atoms with Gasteiger partial charge in [-0.3, -0.25) is 4.79 Å². The molecule has 1 N–H and O–H groups in total. The lowest BCUT2D eigenvalue weighted by atomic mass is 9.76. The van der Waals surface area contributed by atoms with Gasteiger partial charge in [0.05, 0.1) is 13.2 Å². The first kappa shape index (κ1) is 19.6. The fourth-order valence-electron chi connectivity index (χ4n) is 4.58. The number of morpholine rings is 1. The van der Waals surface area contributed by atoms with Crippen molar-refractivity contribution in [1.82, 2.24) is 4.90 Å². The van der Waals surface area contributed by atoms with Crippen LogP contribution in [0, 0.1) is 17.8 Å². The maximum Gasteiger partial charge on any atom is 0.288 e. The Morgan fingerprint density at radius 3 is 2.69 bits per heavy atom. The molecule has 1 saturated heterocycles. The average molecular weight is 367 g/mol. The molecular weight excluding hydrogens is 334 g/mol. The Kier molecular flexibility index (Phi) is 7.34. The molecule has 26 heavy (non-hydrogen) atoms. The number of amides is 1. The van der Waals surface area contributed by atoms with E-state index in [0.717, 1.165) is 12.8 Å². The summed E-state index contributed by atoms with van der Waals surface area (Å²) in [5.41, 5.74) is 0. The quantitative estimate of drug-likeness (QED) is 0.748. The number of rotatable bonds is 7. The molecule has 2 fully saturated rings. The van der Waals surface area contributed by atoms with Crippen molar-refractivity contribution in [1.29, 1.82) is 0 Å². The van der Waals surface area contributed by atoms with E-state index in [0.29, 0.717) is 44.6 Å². The summed E-state index contributed by atoms with van der Waals surface area (Å²) in [6.45, 7) is 5.07. The minimum absolute atomic E-state index is 0.0402. The van der Waals surface area contributed by atoms with Crippen LogP contribution in [-0.4, -0.2) is 61.7 Å². The van der Waals surface area contributed by atoms with Crippen molar-refractivity contribution in [2.75, 3.05) is 39.5 Å². The molecule has 0 unspecified atom stereocenters. The molecule has 0 aromatic heterocycles. The van der Waals surface area contributed by atoms with Gasteiger partial charge in [0.25, 0.3) is 5.91 Å². The Morgan fingerprint density at radius 1 is 1.31 bits per heavy atom. The van der Waals surface area contributed by atoms with Crippen LogP contribution in [0.25, 0.3) is 0 Å². The molecule has 3 atom stereocenters. The van der Waals surface area contributed by atoms with Gasteiger partial charge >= 0.3 is 0 Å². The van der Waals surface area contributed by atoms with Crippen molar-refractivity contribution in [2.24, 2.45) is 17.8 Å². The topological polar surface area (TPSA) is 68.2 Å². The van der Waals surface area contributed by atoms with E-state index < -0.39 is 6.29 Å². The number of ether oxygens (including phenoxy) is 3. The summed E-state index contributed by atoms with van der Waals surface area (Å²) in [6, 6.07) is 0. The second-order valence-corrected chi connectivity index (χ2v) is 7.53. The maximum absolute atomic E-state index is 13.0. The largest absolute Gasteiger partial charge is 0.459 e. The third kappa shape index (κ3) is 4.59. The number of aliphatic hydroxyl groups excluding tert-OH is 1. The van der Waals surface area contributed by atoms with E-state index >= 15 is 0 Å². The summed E-state index contributed by atoms with van der Waals surface area (Å²) in [4.78, 5) is 14.8. The van der Waals surface area contributed by atoms with Crippen LogP contribution in [0.1, 0.15) is 45.4 Å². The molecule has 6 nitrogen and oxygen atoms in total. The van der Waals surface area contributed by atoms with Gasteiger partial charge in [-0.25, -0.2) is 0 Å². The Morgan fingerprint density at radius 2 is 2.04 bits per heavy atom. The molecule has 0 spiro atoms. The van der Waals surface area contributed by atoms with Crippen LogP contribution in [-0.2, 0) is 19.0 Å². The van der Waals surface area contributed by atoms with Gasteiger partial charge in [0.1, 0.15) is 0 Å². The van der Waals surface area contributed by atoms with E-state index in [4.69, 9.17) is 14.2 Å². The summed E-state index contributed by atoms with van der Waals surface area (Å²) < 4.78 is 17.3. The van der Waals surface area contributed by atoms with Gasteiger partial charge in [-0.1, -0.05) is 12.8 Å². The standard InChI is InChI=1S/C20H33NO5/c1-2-25-20-16(8-5-11-22)17(15-6-3-4-7-15)14-18(26-20)19(23)21-9-12-24-13-10-21/h14-17,20,22H,2-13H2,1H3/t16-,17+,20+/m0/s1. The predicted molar refractivity (Wildman–Crippen MR) is 97.2 cm³/mol. The molecular formula is C20H33NO5. The van der Waals surface area contributed by atoms with E-state index in [2.05, 4.69) is 6.08 Å². The average Bonchev–Trinajstić information content (AvgIpc) is 3.21. The number of allylic oxidation sites excluding steroid dienone is 1. The van der Waals surface area contributed by atoms with Crippen molar-refractivity contribution in [3.05, 3.63) is 11.8 Å². The van der Waals surface area contributed by atoms with Crippen LogP contribution in [0.2, 0.25) is 0 Å². The molecule has 148 valence electrons. The third-order valence-electron chi connectivity index (χ3n) is 5.91. The molecule has 2 heterocycles. The van der Waals surface area contributed by atoms with Crippen LogP contribution in [0.5, 0.6) is 0 Å². The number of hydrogen-bond donors (Lipinski definition) is 1. The van der Waals surface area contributed by atoms with Crippen molar-refractivity contribution in [3.8, 4) is 0 Å². The highest BCUT2D eigenvalue weighted by Gasteiger charge is 2.41. The Balaban J connectivity index is 1.81. The van der Waals surface area contributed by atoms with Gasteiger partial charge < -0.3 is 24.2 Å². The van der Waals surface area contributed by atoms with Crippen molar-refractivity contribution in [3.63, 3.8) is 0 Å². The fourth-order valence-corrected chi connectivity index (χ4v) is 4.58. The molecule has 1 amide bonds. The van der Waals surface area contributed by atoms with Crippen LogP contribution in [0.15, 0.2) is 11.8 Å². The summed E-state index contributed by atoms with van der Waals surface area (Å²) in [5.74, 6) is 1.47. The monoisotopic (exact) mass is 367 g/mol. The molecule has 1 saturated carbocycles. The molecule has 1 aliphatic carbocycles. The van der Waals surface area contributed by atoms with Gasteiger partial charge in [0.2, 0.25) is 6.29 Å². The van der Waals surface area contributed by atoms with E-state index in [1.807, 2.05) is 11.8 Å². The van der Waals surface area contributed by atoms with E-state index in [-0.39, 0.29) is 24.3 Å². The van der Waals surface area contributed by atoms with Crippen molar-refractivity contribution in [2.45, 2.75) is 51.7 Å². The lowest BCUT2D eigenvalue weighted by Gasteiger charge is -2.40. The van der Waals surface area contributed by atoms with Crippen LogP contribution < -0.4 is 0 Å². The highest BCUT2D eigenvalue weighted by atomic mass is 16.7. The predicted octanol–water partition coefficient (Wildman–Crippen LogP) is 2.32. The van der Waals surface area contributed by atoms with Gasteiger partial charge in [0.15, 0.2) is 5.76 Å². The highest BCUT2D eigenvalue weighted by Crippen LogP contribution is 2.43. The first-order valence-electron chi connectivity index (χ1n) is 10.2. The zero-order valence-corrected chi connectivity index (χ0v) is 15.9. The van der Waals surface area contributed by atoms with Crippen molar-refractivity contribution >= 4 is 5.91 Å². The zero-order chi connectivity index (χ0) is 18.4. The number of aliphatic hydroxyl groups is 1. The SMILES string of the molecule is CCO[C@@H]1OC(C(=O)N2CCOCC2)=C[C@H](C2CCCC2)[C@@H]1CCCO. The fraction of sp³-hybridized carbons (Fsp3) is 0.850. The van der Waals surface area contributed by atoms with Gasteiger partial charge in [0, 0.05) is 32.2 Å². The third-order valence-corrected chi connectivity index (χ3v) is 5.91. The first-order valence-corrected chi connectivity index (χ1v) is 10.2. The summed E-state index contributed by atoms with van der Waals surface area (Å²) in [6.07, 6.45) is 8.19. The summed E-state index contributed by atoms with van der Waals surface area (Å²) in [7, 11) is 0. The van der Waals surface area contributed by atoms with E-state index in [9.17, 15) is 9.90 Å². The van der Waals surface area contributed by atoms with E-state index in [1.54, 1.807) is 0 Å². The summed E-state index contributed by atoms with van der Waals surface area (Å²) in [5, 5.41) is 9.31. The van der Waals surface area contributed by atoms with Crippen LogP contribution in [0.4, 0.5) is 0 Å². The minimum atomic E-state index is -0.401. The smallest absolute Gasteiger partial charge is 0.288 e. The molecule has 0 radical (unpaired) electrons. The number of nitrogens with zero attached hydrogens (tertiary/aromatic N) is 1. The minimum Gasteiger partial charge on any atom is -0.459 e. The molecule has 3 aliphatic rings. The molecule has 6 heteroatoms. The van der Waals surface area contributed by atoms with Gasteiger partial charge in [-0.2, -0.15) is 0 Å². The Bertz CT molecular complexity index is 483. The second kappa shape index (κ2) is 9.72. The van der Waals surface area contributed by atoms with Crippen LogP contribution >= 0.6 is 0 Å². The molecule has 0 aromatic carbocycles. The molecule has 0 aromatic rings. The molecule has 0 bridgehead atoms. The lowest BCUT2D eigenvalue weighted by Crippen LogP contribution is -2.45. The number of carbonyl (C=O) groups excluding carboxylic acids is 1. The van der Waals surface area contributed by atoms with Crippen LogP contribution in [0.3, 0.4) is 0 Å². The maximum atomic E-state index is 13.0. The number of carbonyl (C=O) groups is 1. The van der Waals surface area contributed by atoms with Gasteiger partial charge in [-0.05, 0) is 50.5 Å². The normalized spacial score (nSPS) is 30.2. The lowest BCUT2D eigenvalue weighted by molar-refractivity contribution is -0.180. The van der Waals surface area contributed by atoms with E-state index in [1.165, 1.54) is 25.7 Å². The Hall–Kier alpha value is -1.11. The zero-order valence-electron chi connectivity index (χ0n) is 15.9. The highest BCUT2D eigenvalue weighted by molar-refractivity contribution is 5.91. The Labute approximate surface area is 156 Å². The first-order chi connectivity index (χ1) is 12.7. The second-order valence-electron chi connectivity index (χ2n) is 7.53. The van der Waals surface area contributed by atoms with Crippen molar-refractivity contribution < 1.29 is 24.1 Å². The summed E-state index contributed by atoms with van der Waals surface area (Å²) >= 11 is 0. The number of hydrogen-bond acceptors (Lipinski definition) is 5. The molecule has 3 rings (SSSR count).